The maximum Gasteiger partial charge on any atom is 0.308 e. The number of benzene rings is 1. The van der Waals surface area contributed by atoms with E-state index in [0.717, 1.165) is 31.5 Å². The van der Waals surface area contributed by atoms with Crippen molar-refractivity contribution in [3.05, 3.63) is 35.9 Å². The first-order valence-electron chi connectivity index (χ1n) is 9.51. The van der Waals surface area contributed by atoms with Gasteiger partial charge in [0.2, 0.25) is 5.91 Å². The van der Waals surface area contributed by atoms with Crippen LogP contribution in [0.25, 0.3) is 0 Å². The van der Waals surface area contributed by atoms with Gasteiger partial charge >= 0.3 is 5.97 Å². The third-order valence-corrected chi connectivity index (χ3v) is 5.57. The monoisotopic (exact) mass is 360 g/mol. The lowest BCUT2D eigenvalue weighted by atomic mass is 9.89. The summed E-state index contributed by atoms with van der Waals surface area (Å²) in [6.07, 6.45) is 2.40. The molecule has 2 atom stereocenters. The molecular formula is C20H28N2O4. The average Bonchev–Trinajstić information content (AvgIpc) is 3.10. The molecule has 1 aromatic rings. The van der Waals surface area contributed by atoms with Gasteiger partial charge in [0.05, 0.1) is 12.5 Å². The van der Waals surface area contributed by atoms with Crippen LogP contribution in [0, 0.1) is 11.8 Å². The summed E-state index contributed by atoms with van der Waals surface area (Å²) in [7, 11) is 0. The van der Waals surface area contributed by atoms with Crippen LogP contribution in [0.2, 0.25) is 0 Å². The SMILES string of the molecule is CCON1CCC(CC(=O)N2C[C@H](C(=O)O)[C@H](c3ccccc3)C2)CC1. The third kappa shape index (κ3) is 4.43. The summed E-state index contributed by atoms with van der Waals surface area (Å²) < 4.78 is 0. The molecule has 0 aromatic heterocycles. The molecule has 1 aromatic carbocycles. The van der Waals surface area contributed by atoms with Crippen LogP contribution in [-0.2, 0) is 14.4 Å². The summed E-state index contributed by atoms with van der Waals surface area (Å²) in [6.45, 7) is 5.18. The largest absolute Gasteiger partial charge is 0.481 e. The lowest BCUT2D eigenvalue weighted by Gasteiger charge is -2.31. The van der Waals surface area contributed by atoms with Crippen LogP contribution in [0.4, 0.5) is 0 Å². The predicted octanol–water partition coefficient (Wildman–Crippen LogP) is 2.37. The van der Waals surface area contributed by atoms with E-state index in [0.29, 0.717) is 32.0 Å². The Morgan fingerprint density at radius 1 is 1.15 bits per heavy atom. The van der Waals surface area contributed by atoms with E-state index >= 15 is 0 Å². The smallest absolute Gasteiger partial charge is 0.308 e. The van der Waals surface area contributed by atoms with Gasteiger partial charge in [0.25, 0.3) is 0 Å². The Morgan fingerprint density at radius 2 is 1.85 bits per heavy atom. The van der Waals surface area contributed by atoms with Crippen molar-refractivity contribution in [2.75, 3.05) is 32.8 Å². The van der Waals surface area contributed by atoms with Crippen LogP contribution in [0.1, 0.15) is 37.7 Å². The third-order valence-electron chi connectivity index (χ3n) is 5.57. The maximum atomic E-state index is 12.8. The lowest BCUT2D eigenvalue weighted by molar-refractivity contribution is -0.171. The molecule has 0 unspecified atom stereocenters. The Hall–Kier alpha value is -1.92. The minimum Gasteiger partial charge on any atom is -0.481 e. The van der Waals surface area contributed by atoms with Crippen molar-refractivity contribution in [2.45, 2.75) is 32.1 Å². The summed E-state index contributed by atoms with van der Waals surface area (Å²) >= 11 is 0. The van der Waals surface area contributed by atoms with Crippen molar-refractivity contribution in [3.63, 3.8) is 0 Å². The Kier molecular flexibility index (Phi) is 6.27. The van der Waals surface area contributed by atoms with Gasteiger partial charge < -0.3 is 10.0 Å². The highest BCUT2D eigenvalue weighted by Crippen LogP contribution is 2.34. The predicted molar refractivity (Wildman–Crippen MR) is 97.4 cm³/mol. The quantitative estimate of drug-likeness (QED) is 0.843. The van der Waals surface area contributed by atoms with E-state index in [4.69, 9.17) is 4.84 Å². The van der Waals surface area contributed by atoms with Crippen LogP contribution < -0.4 is 0 Å². The first-order chi connectivity index (χ1) is 12.6. The minimum atomic E-state index is -0.820. The van der Waals surface area contributed by atoms with Crippen molar-refractivity contribution >= 4 is 11.9 Å². The number of nitrogens with zero attached hydrogens (tertiary/aromatic N) is 2. The van der Waals surface area contributed by atoms with E-state index in [1.54, 1.807) is 4.90 Å². The second-order valence-corrected chi connectivity index (χ2v) is 7.25. The zero-order valence-corrected chi connectivity index (χ0v) is 15.3. The topological polar surface area (TPSA) is 70.1 Å². The van der Waals surface area contributed by atoms with Gasteiger partial charge in [-0.05, 0) is 31.2 Å². The fourth-order valence-electron chi connectivity index (χ4n) is 4.10. The zero-order valence-electron chi connectivity index (χ0n) is 15.3. The molecule has 0 radical (unpaired) electrons. The second kappa shape index (κ2) is 8.64. The number of carbonyl (C=O) groups excluding carboxylic acids is 1. The Bertz CT molecular complexity index is 613. The van der Waals surface area contributed by atoms with Crippen LogP contribution >= 0.6 is 0 Å². The van der Waals surface area contributed by atoms with E-state index in [1.807, 2.05) is 42.3 Å². The molecule has 6 nitrogen and oxygen atoms in total. The van der Waals surface area contributed by atoms with Gasteiger partial charge in [0.1, 0.15) is 0 Å². The number of rotatable bonds is 6. The molecule has 6 heteroatoms. The summed E-state index contributed by atoms with van der Waals surface area (Å²) in [5, 5.41) is 11.6. The molecule has 2 saturated heterocycles. The summed E-state index contributed by atoms with van der Waals surface area (Å²) in [5.74, 6) is -1.03. The van der Waals surface area contributed by atoms with E-state index in [2.05, 4.69) is 0 Å². The maximum absolute atomic E-state index is 12.8. The number of carboxylic acid groups (broad SMARTS) is 1. The Labute approximate surface area is 154 Å². The van der Waals surface area contributed by atoms with Crippen LogP contribution in [0.3, 0.4) is 0 Å². The Morgan fingerprint density at radius 3 is 2.46 bits per heavy atom. The fourth-order valence-corrected chi connectivity index (χ4v) is 4.10. The first-order valence-corrected chi connectivity index (χ1v) is 9.51. The van der Waals surface area contributed by atoms with Crippen molar-refractivity contribution in [2.24, 2.45) is 11.8 Å². The molecule has 0 saturated carbocycles. The molecule has 2 heterocycles. The van der Waals surface area contributed by atoms with Gasteiger partial charge in [-0.3, -0.25) is 14.4 Å². The summed E-state index contributed by atoms with van der Waals surface area (Å²) in [4.78, 5) is 31.7. The van der Waals surface area contributed by atoms with Gasteiger partial charge in [-0.2, -0.15) is 5.06 Å². The molecular weight excluding hydrogens is 332 g/mol. The minimum absolute atomic E-state index is 0.0875. The van der Waals surface area contributed by atoms with E-state index < -0.39 is 11.9 Å². The molecule has 1 N–H and O–H groups in total. The molecule has 26 heavy (non-hydrogen) atoms. The molecule has 0 bridgehead atoms. The average molecular weight is 360 g/mol. The highest BCUT2D eigenvalue weighted by Gasteiger charge is 2.40. The number of amides is 1. The van der Waals surface area contributed by atoms with Gasteiger partial charge in [-0.1, -0.05) is 30.3 Å². The molecule has 0 spiro atoms. The number of carbonyl (C=O) groups is 2. The molecule has 2 aliphatic heterocycles. The van der Waals surface area contributed by atoms with Crippen LogP contribution in [0.15, 0.2) is 30.3 Å². The summed E-state index contributed by atoms with van der Waals surface area (Å²) in [6, 6.07) is 9.68. The highest BCUT2D eigenvalue weighted by atomic mass is 16.7. The van der Waals surface area contributed by atoms with E-state index in [1.165, 1.54) is 0 Å². The molecule has 2 fully saturated rings. The number of hydrogen-bond acceptors (Lipinski definition) is 4. The van der Waals surface area contributed by atoms with Crippen molar-refractivity contribution in [1.29, 1.82) is 0 Å². The number of carboxylic acids is 1. The van der Waals surface area contributed by atoms with E-state index in [9.17, 15) is 14.7 Å². The van der Waals surface area contributed by atoms with Gasteiger partial charge in [-0.15, -0.1) is 0 Å². The molecule has 1 amide bonds. The highest BCUT2D eigenvalue weighted by molar-refractivity contribution is 5.79. The number of likely N-dealkylation sites (tertiary alicyclic amines) is 1. The van der Waals surface area contributed by atoms with Crippen molar-refractivity contribution < 1.29 is 19.5 Å². The zero-order chi connectivity index (χ0) is 18.5. The van der Waals surface area contributed by atoms with Crippen LogP contribution in [0.5, 0.6) is 0 Å². The van der Waals surface area contributed by atoms with Gasteiger partial charge in [0, 0.05) is 38.5 Å². The number of piperidine rings is 1. The van der Waals surface area contributed by atoms with Crippen molar-refractivity contribution in [1.82, 2.24) is 9.96 Å². The number of hydroxylamine groups is 2. The number of aliphatic carboxylic acids is 1. The second-order valence-electron chi connectivity index (χ2n) is 7.25. The normalized spacial score (nSPS) is 24.7. The fraction of sp³-hybridized carbons (Fsp3) is 0.600. The van der Waals surface area contributed by atoms with Gasteiger partial charge in [-0.25, -0.2) is 0 Å². The van der Waals surface area contributed by atoms with Crippen molar-refractivity contribution in [3.8, 4) is 0 Å². The molecule has 2 aliphatic rings. The summed E-state index contributed by atoms with van der Waals surface area (Å²) in [5.41, 5.74) is 1.00. The molecule has 3 rings (SSSR count). The van der Waals surface area contributed by atoms with Crippen LogP contribution in [-0.4, -0.2) is 59.7 Å². The van der Waals surface area contributed by atoms with Gasteiger partial charge in [0.15, 0.2) is 0 Å². The lowest BCUT2D eigenvalue weighted by Crippen LogP contribution is -2.37. The van der Waals surface area contributed by atoms with E-state index in [-0.39, 0.29) is 11.8 Å². The number of hydrogen-bond donors (Lipinski definition) is 1. The first kappa shape index (κ1) is 18.9. The standard InChI is InChI=1S/C20H28N2O4/c1-2-26-22-10-8-15(9-11-22)12-19(23)21-13-17(18(14-21)20(24)25)16-6-4-3-5-7-16/h3-7,15,17-18H,2,8-14H2,1H3,(H,24,25)/t17-,18-/m0/s1. The Balaban J connectivity index is 1.58. The molecule has 142 valence electrons. The molecule has 0 aliphatic carbocycles.